The molecular weight excluding hydrogens is 320 g/mol. The molecule has 0 saturated carbocycles. The van der Waals surface area contributed by atoms with Gasteiger partial charge in [0, 0.05) is 6.54 Å². The summed E-state index contributed by atoms with van der Waals surface area (Å²) < 4.78 is 10.8. The molecule has 2 heterocycles. The Bertz CT molecular complexity index is 852. The van der Waals surface area contributed by atoms with E-state index in [1.165, 1.54) is 23.0 Å². The Morgan fingerprint density at radius 2 is 2.00 bits per heavy atom. The highest BCUT2D eigenvalue weighted by Gasteiger charge is 2.16. The Morgan fingerprint density at radius 3 is 2.68 bits per heavy atom. The number of oxazole rings is 1. The molecule has 0 unspecified atom stereocenters. The van der Waals surface area contributed by atoms with E-state index in [1.807, 2.05) is 12.1 Å². The predicted molar refractivity (Wildman–Crippen MR) is 91.0 cm³/mol. The third-order valence-electron chi connectivity index (χ3n) is 3.99. The summed E-state index contributed by atoms with van der Waals surface area (Å²) in [7, 11) is 0. The van der Waals surface area contributed by atoms with Gasteiger partial charge in [-0.05, 0) is 37.1 Å². The first-order valence-corrected chi connectivity index (χ1v) is 8.00. The van der Waals surface area contributed by atoms with E-state index < -0.39 is 5.97 Å². The Kier molecular flexibility index (Phi) is 5.00. The Hall–Kier alpha value is -2.86. The van der Waals surface area contributed by atoms with Crippen molar-refractivity contribution in [2.24, 2.45) is 0 Å². The first kappa shape index (κ1) is 17.0. The lowest BCUT2D eigenvalue weighted by molar-refractivity contribution is 0.0690. The van der Waals surface area contributed by atoms with Crippen LogP contribution < -0.4 is 0 Å². The van der Waals surface area contributed by atoms with Crippen molar-refractivity contribution in [3.05, 3.63) is 76.9 Å². The minimum atomic E-state index is -1.10. The van der Waals surface area contributed by atoms with Crippen LogP contribution in [0.2, 0.25) is 0 Å². The lowest BCUT2D eigenvalue weighted by atomic mass is 10.1. The van der Waals surface area contributed by atoms with E-state index in [-0.39, 0.29) is 5.69 Å². The number of rotatable bonds is 7. The van der Waals surface area contributed by atoms with E-state index in [0.29, 0.717) is 25.5 Å². The third kappa shape index (κ3) is 4.36. The van der Waals surface area contributed by atoms with Gasteiger partial charge in [-0.15, -0.1) is 0 Å². The standard InChI is InChI=1S/C19H20N2O4/c1-13-5-6-14(2)15(8-13)9-21(10-16-4-3-7-24-16)11-18-20-17(12-25-18)19(22)23/h3-8,12H,9-11H2,1-2H3,(H,22,23). The topological polar surface area (TPSA) is 79.7 Å². The molecule has 6 heteroatoms. The molecule has 0 aliphatic heterocycles. The first-order valence-electron chi connectivity index (χ1n) is 8.00. The van der Waals surface area contributed by atoms with Crippen LogP contribution >= 0.6 is 0 Å². The number of carboxylic acid groups (broad SMARTS) is 1. The fourth-order valence-corrected chi connectivity index (χ4v) is 2.68. The van der Waals surface area contributed by atoms with Crippen molar-refractivity contribution in [3.63, 3.8) is 0 Å². The quantitative estimate of drug-likeness (QED) is 0.705. The molecule has 0 aliphatic rings. The molecule has 2 aromatic heterocycles. The Balaban J connectivity index is 1.81. The van der Waals surface area contributed by atoms with Gasteiger partial charge in [0.1, 0.15) is 12.0 Å². The fourth-order valence-electron chi connectivity index (χ4n) is 2.68. The summed E-state index contributed by atoms with van der Waals surface area (Å²) in [5.41, 5.74) is 3.52. The van der Waals surface area contributed by atoms with Crippen LogP contribution in [0.5, 0.6) is 0 Å². The average Bonchev–Trinajstić information content (AvgIpc) is 3.23. The van der Waals surface area contributed by atoms with Crippen LogP contribution in [0.15, 0.2) is 51.7 Å². The zero-order valence-electron chi connectivity index (χ0n) is 14.2. The fraction of sp³-hybridized carbons (Fsp3) is 0.263. The van der Waals surface area contributed by atoms with Gasteiger partial charge in [0.2, 0.25) is 5.89 Å². The molecule has 0 radical (unpaired) electrons. The number of aryl methyl sites for hydroxylation is 2. The lowest BCUT2D eigenvalue weighted by Crippen LogP contribution is -2.23. The third-order valence-corrected chi connectivity index (χ3v) is 3.99. The maximum absolute atomic E-state index is 11.0. The van der Waals surface area contributed by atoms with Gasteiger partial charge in [0.05, 0.1) is 19.4 Å². The van der Waals surface area contributed by atoms with Crippen LogP contribution in [-0.4, -0.2) is 21.0 Å². The number of hydrogen-bond donors (Lipinski definition) is 1. The summed E-state index contributed by atoms with van der Waals surface area (Å²) in [5, 5.41) is 8.99. The number of hydrogen-bond acceptors (Lipinski definition) is 5. The van der Waals surface area contributed by atoms with Crippen LogP contribution in [0.3, 0.4) is 0 Å². The molecule has 130 valence electrons. The van der Waals surface area contributed by atoms with Crippen molar-refractivity contribution < 1.29 is 18.7 Å². The van der Waals surface area contributed by atoms with Crippen molar-refractivity contribution >= 4 is 5.97 Å². The van der Waals surface area contributed by atoms with E-state index in [9.17, 15) is 4.79 Å². The number of carboxylic acids is 1. The van der Waals surface area contributed by atoms with Crippen molar-refractivity contribution in [1.82, 2.24) is 9.88 Å². The van der Waals surface area contributed by atoms with Gasteiger partial charge >= 0.3 is 5.97 Å². The van der Waals surface area contributed by atoms with Gasteiger partial charge in [-0.3, -0.25) is 4.90 Å². The van der Waals surface area contributed by atoms with Gasteiger partial charge in [0.15, 0.2) is 5.69 Å². The Labute approximate surface area is 145 Å². The summed E-state index contributed by atoms with van der Waals surface area (Å²) >= 11 is 0. The van der Waals surface area contributed by atoms with E-state index in [4.69, 9.17) is 13.9 Å². The number of furan rings is 1. The van der Waals surface area contributed by atoms with Crippen LogP contribution in [0.25, 0.3) is 0 Å². The smallest absolute Gasteiger partial charge is 0.357 e. The zero-order chi connectivity index (χ0) is 17.8. The van der Waals surface area contributed by atoms with Gasteiger partial charge in [-0.2, -0.15) is 0 Å². The summed E-state index contributed by atoms with van der Waals surface area (Å²) in [6, 6.07) is 10.1. The van der Waals surface area contributed by atoms with Crippen molar-refractivity contribution in [2.45, 2.75) is 33.5 Å². The minimum Gasteiger partial charge on any atom is -0.476 e. The maximum atomic E-state index is 11.0. The second-order valence-electron chi connectivity index (χ2n) is 6.09. The number of aromatic nitrogens is 1. The molecule has 0 saturated heterocycles. The molecule has 0 bridgehead atoms. The molecule has 1 aromatic carbocycles. The highest BCUT2D eigenvalue weighted by Crippen LogP contribution is 2.18. The van der Waals surface area contributed by atoms with E-state index in [1.54, 1.807) is 6.26 Å². The second-order valence-corrected chi connectivity index (χ2v) is 6.09. The molecule has 3 rings (SSSR count). The summed E-state index contributed by atoms with van der Waals surface area (Å²) in [5.74, 6) is 0.103. The molecule has 3 aromatic rings. The first-order chi connectivity index (χ1) is 12.0. The van der Waals surface area contributed by atoms with Crippen LogP contribution in [0.4, 0.5) is 0 Å². The SMILES string of the molecule is Cc1ccc(C)c(CN(Cc2ccco2)Cc2nc(C(=O)O)co2)c1. The van der Waals surface area contributed by atoms with Gasteiger partial charge in [-0.25, -0.2) is 9.78 Å². The normalized spacial score (nSPS) is 11.2. The molecule has 1 N–H and O–H groups in total. The largest absolute Gasteiger partial charge is 0.476 e. The monoisotopic (exact) mass is 340 g/mol. The minimum absolute atomic E-state index is 0.0836. The highest BCUT2D eigenvalue weighted by molar-refractivity contribution is 5.84. The molecule has 0 amide bonds. The van der Waals surface area contributed by atoms with E-state index >= 15 is 0 Å². The predicted octanol–water partition coefficient (Wildman–Crippen LogP) is 3.79. The summed E-state index contributed by atoms with van der Waals surface area (Å²) in [6.45, 7) is 5.78. The maximum Gasteiger partial charge on any atom is 0.357 e. The molecule has 25 heavy (non-hydrogen) atoms. The number of benzene rings is 1. The van der Waals surface area contributed by atoms with Gasteiger partial charge < -0.3 is 13.9 Å². The van der Waals surface area contributed by atoms with Gasteiger partial charge in [0.25, 0.3) is 0 Å². The zero-order valence-corrected chi connectivity index (χ0v) is 14.2. The van der Waals surface area contributed by atoms with Crippen LogP contribution in [-0.2, 0) is 19.6 Å². The molecule has 0 atom stereocenters. The second kappa shape index (κ2) is 7.36. The summed E-state index contributed by atoms with van der Waals surface area (Å²) in [6.07, 6.45) is 2.81. The van der Waals surface area contributed by atoms with Gasteiger partial charge in [-0.1, -0.05) is 23.8 Å². The highest BCUT2D eigenvalue weighted by atomic mass is 16.4. The number of aromatic carboxylic acids is 1. The molecule has 6 nitrogen and oxygen atoms in total. The lowest BCUT2D eigenvalue weighted by Gasteiger charge is -2.21. The Morgan fingerprint density at radius 1 is 1.16 bits per heavy atom. The van der Waals surface area contributed by atoms with E-state index in [2.05, 4.69) is 41.9 Å². The molecule has 0 fully saturated rings. The van der Waals surface area contributed by atoms with Crippen molar-refractivity contribution in [2.75, 3.05) is 0 Å². The summed E-state index contributed by atoms with van der Waals surface area (Å²) in [4.78, 5) is 17.1. The number of carbonyl (C=O) groups is 1. The molecule has 0 spiro atoms. The molecule has 0 aliphatic carbocycles. The molecular formula is C19H20N2O4. The van der Waals surface area contributed by atoms with Crippen molar-refractivity contribution in [1.29, 1.82) is 0 Å². The number of nitrogens with zero attached hydrogens (tertiary/aromatic N) is 2. The van der Waals surface area contributed by atoms with E-state index in [0.717, 1.165) is 5.76 Å². The van der Waals surface area contributed by atoms with Crippen LogP contribution in [0.1, 0.15) is 38.8 Å². The van der Waals surface area contributed by atoms with Crippen molar-refractivity contribution in [3.8, 4) is 0 Å². The van der Waals surface area contributed by atoms with Crippen LogP contribution in [0, 0.1) is 13.8 Å². The average molecular weight is 340 g/mol.